The van der Waals surface area contributed by atoms with Gasteiger partial charge in [0.2, 0.25) is 0 Å². The van der Waals surface area contributed by atoms with Crippen molar-refractivity contribution >= 4 is 22.2 Å². The third kappa shape index (κ3) is 2.32. The highest BCUT2D eigenvalue weighted by Crippen LogP contribution is 2.56. The van der Waals surface area contributed by atoms with Gasteiger partial charge in [0, 0.05) is 0 Å². The minimum atomic E-state index is -0.681. The van der Waals surface area contributed by atoms with Gasteiger partial charge in [0.1, 0.15) is 0 Å². The lowest BCUT2D eigenvalue weighted by molar-refractivity contribution is 0.554. The molecule has 6 heteroatoms. The van der Waals surface area contributed by atoms with Crippen LogP contribution in [-0.4, -0.2) is 9.97 Å². The van der Waals surface area contributed by atoms with Gasteiger partial charge in [-0.05, 0) is 57.6 Å². The quantitative estimate of drug-likeness (QED) is 0.406. The monoisotopic (exact) mass is 432 g/mol. The van der Waals surface area contributed by atoms with Crippen molar-refractivity contribution in [2.75, 3.05) is 0 Å². The Balaban J connectivity index is 1.66. The average molecular weight is 432 g/mol. The molecule has 158 valence electrons. The van der Waals surface area contributed by atoms with Crippen molar-refractivity contribution in [1.29, 1.82) is 0 Å². The minimum Gasteiger partial charge on any atom is -0.408 e. The highest BCUT2D eigenvalue weighted by molar-refractivity contribution is 5.88. The molecule has 2 N–H and O–H groups in total. The van der Waals surface area contributed by atoms with Crippen LogP contribution in [0.3, 0.4) is 0 Å². The SMILES string of the molecule is O=c1[nH]c2cc(C3(c4ccc5[nH]c(=O)oc5c4)c4ccccc4-c4ccccc43)ccc2o1. The number of aromatic nitrogens is 2. The molecule has 2 heterocycles. The average Bonchev–Trinajstić information content (AvgIpc) is 3.48. The summed E-state index contributed by atoms with van der Waals surface area (Å²) in [4.78, 5) is 29.2. The first kappa shape index (κ1) is 18.0. The van der Waals surface area contributed by atoms with E-state index >= 15 is 0 Å². The molecule has 1 aliphatic carbocycles. The van der Waals surface area contributed by atoms with Crippen LogP contribution < -0.4 is 11.5 Å². The zero-order chi connectivity index (χ0) is 22.2. The second-order valence-corrected chi connectivity index (χ2v) is 8.29. The Hall–Kier alpha value is -4.58. The summed E-state index contributed by atoms with van der Waals surface area (Å²) >= 11 is 0. The summed E-state index contributed by atoms with van der Waals surface area (Å²) in [7, 11) is 0. The number of benzene rings is 4. The molecule has 0 saturated carbocycles. The maximum absolute atomic E-state index is 11.9. The molecular weight excluding hydrogens is 416 g/mol. The van der Waals surface area contributed by atoms with Crippen LogP contribution in [0.4, 0.5) is 0 Å². The van der Waals surface area contributed by atoms with Gasteiger partial charge in [0.05, 0.1) is 16.4 Å². The number of oxazole rings is 2. The van der Waals surface area contributed by atoms with Crippen molar-refractivity contribution in [2.45, 2.75) is 5.41 Å². The van der Waals surface area contributed by atoms with Crippen LogP contribution >= 0.6 is 0 Å². The lowest BCUT2D eigenvalue weighted by Crippen LogP contribution is -2.28. The Morgan fingerprint density at radius 1 is 0.576 bits per heavy atom. The number of aromatic amines is 2. The summed E-state index contributed by atoms with van der Waals surface area (Å²) in [5, 5.41) is 0. The summed E-state index contributed by atoms with van der Waals surface area (Å²) in [6.07, 6.45) is 0. The first-order valence-electron chi connectivity index (χ1n) is 10.6. The van der Waals surface area contributed by atoms with Gasteiger partial charge < -0.3 is 8.83 Å². The van der Waals surface area contributed by atoms with Crippen molar-refractivity contribution in [2.24, 2.45) is 0 Å². The Kier molecular flexibility index (Phi) is 3.41. The van der Waals surface area contributed by atoms with E-state index in [-0.39, 0.29) is 0 Å². The third-order valence-electron chi connectivity index (χ3n) is 6.66. The summed E-state index contributed by atoms with van der Waals surface area (Å²) in [5.41, 5.74) is 8.06. The summed E-state index contributed by atoms with van der Waals surface area (Å²) in [6.45, 7) is 0. The van der Waals surface area contributed by atoms with Crippen LogP contribution in [0, 0.1) is 0 Å². The molecule has 0 spiro atoms. The van der Waals surface area contributed by atoms with Gasteiger partial charge in [-0.25, -0.2) is 9.59 Å². The Morgan fingerprint density at radius 3 is 1.88 bits per heavy atom. The van der Waals surface area contributed by atoms with E-state index in [0.29, 0.717) is 22.2 Å². The fourth-order valence-corrected chi connectivity index (χ4v) is 5.39. The lowest BCUT2D eigenvalue weighted by atomic mass is 9.67. The van der Waals surface area contributed by atoms with Crippen LogP contribution in [0.5, 0.6) is 0 Å². The predicted octanol–water partition coefficient (Wildman–Crippen LogP) is 4.92. The van der Waals surface area contributed by atoms with Crippen LogP contribution in [0.15, 0.2) is 103 Å². The van der Waals surface area contributed by atoms with Crippen LogP contribution in [0.1, 0.15) is 22.3 Å². The molecule has 6 nitrogen and oxygen atoms in total. The second kappa shape index (κ2) is 6.23. The number of nitrogens with one attached hydrogen (secondary N) is 2. The van der Waals surface area contributed by atoms with E-state index in [1.807, 2.05) is 60.7 Å². The Morgan fingerprint density at radius 2 is 1.15 bits per heavy atom. The zero-order valence-corrected chi connectivity index (χ0v) is 17.2. The summed E-state index contributed by atoms with van der Waals surface area (Å²) in [6, 6.07) is 28.3. The Bertz CT molecular complexity index is 1700. The van der Waals surface area contributed by atoms with Crippen molar-refractivity contribution in [1.82, 2.24) is 9.97 Å². The molecule has 1 aliphatic rings. The van der Waals surface area contributed by atoms with E-state index in [9.17, 15) is 9.59 Å². The van der Waals surface area contributed by atoms with E-state index in [0.717, 1.165) is 33.4 Å². The van der Waals surface area contributed by atoms with Crippen molar-refractivity contribution < 1.29 is 8.83 Å². The van der Waals surface area contributed by atoms with E-state index in [1.54, 1.807) is 0 Å². The van der Waals surface area contributed by atoms with Crippen LogP contribution in [-0.2, 0) is 5.41 Å². The van der Waals surface area contributed by atoms with Gasteiger partial charge in [-0.3, -0.25) is 9.97 Å². The first-order valence-corrected chi connectivity index (χ1v) is 10.6. The summed E-state index contributed by atoms with van der Waals surface area (Å²) in [5.74, 6) is -0.972. The van der Waals surface area contributed by atoms with Crippen LogP contribution in [0.2, 0.25) is 0 Å². The molecule has 2 aromatic heterocycles. The van der Waals surface area contributed by atoms with Gasteiger partial charge >= 0.3 is 11.5 Å². The largest absolute Gasteiger partial charge is 0.417 e. The van der Waals surface area contributed by atoms with Crippen molar-refractivity contribution in [3.8, 4) is 11.1 Å². The maximum Gasteiger partial charge on any atom is 0.417 e. The Labute approximate surface area is 186 Å². The number of hydrogen-bond acceptors (Lipinski definition) is 4. The van der Waals surface area contributed by atoms with Gasteiger partial charge in [-0.2, -0.15) is 0 Å². The van der Waals surface area contributed by atoms with Gasteiger partial charge in [0.15, 0.2) is 11.2 Å². The minimum absolute atomic E-state index is 0.485. The van der Waals surface area contributed by atoms with E-state index in [2.05, 4.69) is 34.2 Å². The highest BCUT2D eigenvalue weighted by atomic mass is 16.4. The van der Waals surface area contributed by atoms with E-state index in [4.69, 9.17) is 8.83 Å². The first-order chi connectivity index (χ1) is 16.1. The molecule has 0 radical (unpaired) electrons. The maximum atomic E-state index is 11.9. The van der Waals surface area contributed by atoms with Gasteiger partial charge in [0.25, 0.3) is 0 Å². The van der Waals surface area contributed by atoms with E-state index < -0.39 is 16.9 Å². The number of H-pyrrole nitrogens is 2. The normalized spacial score (nSPS) is 13.9. The van der Waals surface area contributed by atoms with Gasteiger partial charge in [-0.15, -0.1) is 0 Å². The predicted molar refractivity (Wildman–Crippen MR) is 125 cm³/mol. The topological polar surface area (TPSA) is 92.0 Å². The van der Waals surface area contributed by atoms with Crippen LogP contribution in [0.25, 0.3) is 33.3 Å². The number of rotatable bonds is 2. The molecule has 0 unspecified atom stereocenters. The van der Waals surface area contributed by atoms with Crippen molar-refractivity contribution in [3.05, 3.63) is 128 Å². The molecule has 33 heavy (non-hydrogen) atoms. The molecule has 0 amide bonds. The van der Waals surface area contributed by atoms with E-state index in [1.165, 1.54) is 0 Å². The molecular formula is C27H16N2O4. The number of fused-ring (bicyclic) bond motifs is 5. The third-order valence-corrected chi connectivity index (χ3v) is 6.66. The molecule has 7 rings (SSSR count). The molecule has 4 aromatic carbocycles. The molecule has 0 bridgehead atoms. The smallest absolute Gasteiger partial charge is 0.408 e. The highest BCUT2D eigenvalue weighted by Gasteiger charge is 2.46. The fourth-order valence-electron chi connectivity index (χ4n) is 5.39. The fraction of sp³-hybridized carbons (Fsp3) is 0.0370. The van der Waals surface area contributed by atoms with Crippen molar-refractivity contribution in [3.63, 3.8) is 0 Å². The molecule has 0 fully saturated rings. The van der Waals surface area contributed by atoms with Gasteiger partial charge in [-0.1, -0.05) is 60.7 Å². The lowest BCUT2D eigenvalue weighted by Gasteiger charge is -2.33. The molecule has 6 aromatic rings. The molecule has 0 aliphatic heterocycles. The zero-order valence-electron chi connectivity index (χ0n) is 17.2. The summed E-state index contributed by atoms with van der Waals surface area (Å²) < 4.78 is 10.7. The second-order valence-electron chi connectivity index (χ2n) is 8.29. The molecule has 0 saturated heterocycles. The molecule has 0 atom stereocenters. The number of hydrogen-bond donors (Lipinski definition) is 2. The standard InChI is InChI=1S/C27H16N2O4/c30-25-28-21-11-9-16(14-24(21)33-25)27(15-10-12-23-22(13-15)29-26(31)32-23)19-7-3-1-5-17(19)18-6-2-4-8-20(18)27/h1-14H,(H,28,30)(H,29,31).